The number of halogens is 2. The van der Waals surface area contributed by atoms with Crippen LogP contribution in [0.3, 0.4) is 0 Å². The molecule has 0 aliphatic rings. The van der Waals surface area contributed by atoms with Gasteiger partial charge in [-0.15, -0.1) is 11.3 Å². The molecule has 0 aliphatic heterocycles. The van der Waals surface area contributed by atoms with Gasteiger partial charge in [-0.05, 0) is 24.6 Å². The molecule has 1 heterocycles. The van der Waals surface area contributed by atoms with Gasteiger partial charge in [0.05, 0.1) is 10.6 Å². The molecule has 0 aliphatic carbocycles. The highest BCUT2D eigenvalue weighted by Crippen LogP contribution is 2.32. The minimum absolute atomic E-state index is 0.576. The summed E-state index contributed by atoms with van der Waals surface area (Å²) in [5.41, 5.74) is 2.07. The number of nitrogens with zero attached hydrogens (tertiary/aromatic N) is 1. The molecule has 1 nitrogen and oxygen atoms in total. The van der Waals surface area contributed by atoms with Crippen molar-refractivity contribution >= 4 is 34.5 Å². The molecule has 0 amide bonds. The number of rotatable bonds is 1. The Balaban J connectivity index is 2.49. The number of thiazole rings is 1. The zero-order valence-electron chi connectivity index (χ0n) is 7.42. The number of aromatic nitrogens is 1. The highest BCUT2D eigenvalue weighted by Gasteiger charge is 2.07. The Labute approximate surface area is 96.3 Å². The maximum absolute atomic E-state index is 5.83. The summed E-state index contributed by atoms with van der Waals surface area (Å²) in [4.78, 5) is 5.26. The van der Waals surface area contributed by atoms with Gasteiger partial charge in [0.2, 0.25) is 0 Å². The standard InChI is InChI=1S/C10H7Cl2NS/c1-6-9(14-10(12)13-6)7-2-4-8(11)5-3-7/h2-5H,1H3. The summed E-state index contributed by atoms with van der Waals surface area (Å²) in [5.74, 6) is 0. The van der Waals surface area contributed by atoms with E-state index in [1.54, 1.807) is 0 Å². The van der Waals surface area contributed by atoms with E-state index in [4.69, 9.17) is 23.2 Å². The summed E-state index contributed by atoms with van der Waals surface area (Å²) in [6.45, 7) is 1.95. The van der Waals surface area contributed by atoms with E-state index in [1.807, 2.05) is 31.2 Å². The van der Waals surface area contributed by atoms with Gasteiger partial charge in [-0.3, -0.25) is 0 Å². The van der Waals surface area contributed by atoms with Crippen LogP contribution in [0.4, 0.5) is 0 Å². The predicted molar refractivity (Wildman–Crippen MR) is 62.3 cm³/mol. The minimum atomic E-state index is 0.576. The van der Waals surface area contributed by atoms with Gasteiger partial charge in [0, 0.05) is 5.02 Å². The Bertz CT molecular complexity index is 448. The Hall–Kier alpha value is -0.570. The monoisotopic (exact) mass is 243 g/mol. The van der Waals surface area contributed by atoms with Gasteiger partial charge in [0.15, 0.2) is 4.47 Å². The van der Waals surface area contributed by atoms with Gasteiger partial charge in [0.1, 0.15) is 0 Å². The summed E-state index contributed by atoms with van der Waals surface area (Å²) in [7, 11) is 0. The van der Waals surface area contributed by atoms with Crippen molar-refractivity contribution in [2.45, 2.75) is 6.92 Å². The topological polar surface area (TPSA) is 12.9 Å². The molecule has 2 aromatic rings. The van der Waals surface area contributed by atoms with Crippen molar-refractivity contribution < 1.29 is 0 Å². The van der Waals surface area contributed by atoms with Crippen molar-refractivity contribution in [2.75, 3.05) is 0 Å². The van der Waals surface area contributed by atoms with E-state index in [1.165, 1.54) is 11.3 Å². The number of aryl methyl sites for hydroxylation is 1. The molecule has 4 heteroatoms. The van der Waals surface area contributed by atoms with Gasteiger partial charge < -0.3 is 0 Å². The van der Waals surface area contributed by atoms with Gasteiger partial charge in [-0.25, -0.2) is 4.98 Å². The highest BCUT2D eigenvalue weighted by atomic mass is 35.5. The Morgan fingerprint density at radius 1 is 1.14 bits per heavy atom. The van der Waals surface area contributed by atoms with Crippen LogP contribution in [0.1, 0.15) is 5.69 Å². The number of hydrogen-bond acceptors (Lipinski definition) is 2. The first-order valence-electron chi connectivity index (χ1n) is 4.05. The molecule has 0 saturated heterocycles. The lowest BCUT2D eigenvalue weighted by Crippen LogP contribution is -1.76. The van der Waals surface area contributed by atoms with Crippen molar-refractivity contribution in [3.63, 3.8) is 0 Å². The van der Waals surface area contributed by atoms with Gasteiger partial charge in [-0.2, -0.15) is 0 Å². The average molecular weight is 244 g/mol. The zero-order chi connectivity index (χ0) is 10.1. The fraction of sp³-hybridized carbons (Fsp3) is 0.100. The Morgan fingerprint density at radius 3 is 2.29 bits per heavy atom. The average Bonchev–Trinajstić information content (AvgIpc) is 2.47. The quantitative estimate of drug-likeness (QED) is 0.723. The number of hydrogen-bond donors (Lipinski definition) is 0. The lowest BCUT2D eigenvalue weighted by atomic mass is 10.2. The third kappa shape index (κ3) is 1.92. The van der Waals surface area contributed by atoms with E-state index in [9.17, 15) is 0 Å². The zero-order valence-corrected chi connectivity index (χ0v) is 9.75. The largest absolute Gasteiger partial charge is 0.230 e. The lowest BCUT2D eigenvalue weighted by Gasteiger charge is -1.97. The van der Waals surface area contributed by atoms with E-state index >= 15 is 0 Å². The van der Waals surface area contributed by atoms with Crippen LogP contribution in [0.2, 0.25) is 9.49 Å². The highest BCUT2D eigenvalue weighted by molar-refractivity contribution is 7.19. The first-order valence-corrected chi connectivity index (χ1v) is 5.63. The molecule has 0 saturated carbocycles. The second-order valence-corrected chi connectivity index (χ2v) is 4.91. The van der Waals surface area contributed by atoms with Crippen molar-refractivity contribution in [1.29, 1.82) is 0 Å². The first-order chi connectivity index (χ1) is 6.66. The summed E-state index contributed by atoms with van der Waals surface area (Å²) >= 11 is 13.1. The van der Waals surface area contributed by atoms with Crippen LogP contribution in [-0.2, 0) is 0 Å². The van der Waals surface area contributed by atoms with E-state index in [-0.39, 0.29) is 0 Å². The maximum atomic E-state index is 5.83. The van der Waals surface area contributed by atoms with Crippen molar-refractivity contribution in [3.8, 4) is 10.4 Å². The van der Waals surface area contributed by atoms with Gasteiger partial charge >= 0.3 is 0 Å². The van der Waals surface area contributed by atoms with E-state index in [0.29, 0.717) is 4.47 Å². The molecule has 2 rings (SSSR count). The van der Waals surface area contributed by atoms with Crippen LogP contribution >= 0.6 is 34.5 Å². The second-order valence-electron chi connectivity index (χ2n) is 2.89. The number of benzene rings is 1. The molecular formula is C10H7Cl2NS. The first kappa shape index (κ1) is 9.97. The molecule has 1 aromatic heterocycles. The molecule has 72 valence electrons. The Kier molecular flexibility index (Phi) is 2.77. The van der Waals surface area contributed by atoms with Crippen LogP contribution in [0.5, 0.6) is 0 Å². The maximum Gasteiger partial charge on any atom is 0.184 e. The minimum Gasteiger partial charge on any atom is -0.230 e. The van der Waals surface area contributed by atoms with Crippen molar-refractivity contribution in [3.05, 3.63) is 39.4 Å². The molecule has 0 unspecified atom stereocenters. The van der Waals surface area contributed by atoms with E-state index in [0.717, 1.165) is 21.2 Å². The molecule has 1 aromatic carbocycles. The SMILES string of the molecule is Cc1nc(Cl)sc1-c1ccc(Cl)cc1. The van der Waals surface area contributed by atoms with Crippen molar-refractivity contribution in [2.24, 2.45) is 0 Å². The van der Waals surface area contributed by atoms with Gasteiger partial charge in [-0.1, -0.05) is 35.3 Å². The van der Waals surface area contributed by atoms with E-state index in [2.05, 4.69) is 4.98 Å². The van der Waals surface area contributed by atoms with Crippen LogP contribution < -0.4 is 0 Å². The third-order valence-corrected chi connectivity index (χ3v) is 3.44. The van der Waals surface area contributed by atoms with E-state index < -0.39 is 0 Å². The van der Waals surface area contributed by atoms with Gasteiger partial charge in [0.25, 0.3) is 0 Å². The molecule has 0 radical (unpaired) electrons. The fourth-order valence-corrected chi connectivity index (χ4v) is 2.52. The fourth-order valence-electron chi connectivity index (χ4n) is 1.23. The third-order valence-electron chi connectivity index (χ3n) is 1.88. The smallest absolute Gasteiger partial charge is 0.184 e. The molecule has 0 fully saturated rings. The molecule has 14 heavy (non-hydrogen) atoms. The Morgan fingerprint density at radius 2 is 1.79 bits per heavy atom. The summed E-state index contributed by atoms with van der Waals surface area (Å²) in [6, 6.07) is 7.67. The van der Waals surface area contributed by atoms with Crippen LogP contribution in [0.25, 0.3) is 10.4 Å². The summed E-state index contributed by atoms with van der Waals surface area (Å²) in [6.07, 6.45) is 0. The van der Waals surface area contributed by atoms with Crippen LogP contribution in [0, 0.1) is 6.92 Å². The molecular weight excluding hydrogens is 237 g/mol. The summed E-state index contributed by atoms with van der Waals surface area (Å²) in [5, 5.41) is 0.738. The molecule has 0 spiro atoms. The predicted octanol–water partition coefficient (Wildman–Crippen LogP) is 4.43. The summed E-state index contributed by atoms with van der Waals surface area (Å²) < 4.78 is 0.576. The normalized spacial score (nSPS) is 10.5. The van der Waals surface area contributed by atoms with Crippen LogP contribution in [-0.4, -0.2) is 4.98 Å². The van der Waals surface area contributed by atoms with Crippen LogP contribution in [0.15, 0.2) is 24.3 Å². The molecule has 0 atom stereocenters. The molecule has 0 bridgehead atoms. The van der Waals surface area contributed by atoms with Crippen molar-refractivity contribution in [1.82, 2.24) is 4.98 Å². The second kappa shape index (κ2) is 3.89. The molecule has 0 N–H and O–H groups in total. The lowest BCUT2D eigenvalue weighted by molar-refractivity contribution is 1.27.